The Balaban J connectivity index is 2.21. The molecular formula is C18H20N2O5. The van der Waals surface area contributed by atoms with Gasteiger partial charge in [0.25, 0.3) is 0 Å². The van der Waals surface area contributed by atoms with E-state index in [1.807, 2.05) is 0 Å². The number of urea groups is 1. The van der Waals surface area contributed by atoms with Crippen molar-refractivity contribution in [1.82, 2.24) is 0 Å². The van der Waals surface area contributed by atoms with Crippen molar-refractivity contribution < 1.29 is 23.8 Å². The topological polar surface area (TPSA) is 85.9 Å². The van der Waals surface area contributed by atoms with Crippen LogP contribution in [0, 0.1) is 0 Å². The lowest BCUT2D eigenvalue weighted by molar-refractivity contribution is 0.0527. The number of para-hydroxylation sites is 2. The Bertz CT molecular complexity index is 739. The van der Waals surface area contributed by atoms with Gasteiger partial charge in [-0.25, -0.2) is 9.59 Å². The number of esters is 1. The molecule has 132 valence electrons. The van der Waals surface area contributed by atoms with E-state index in [0.717, 1.165) is 0 Å². The Morgan fingerprint density at radius 2 is 1.56 bits per heavy atom. The van der Waals surface area contributed by atoms with E-state index < -0.39 is 12.0 Å². The van der Waals surface area contributed by atoms with Gasteiger partial charge in [-0.15, -0.1) is 0 Å². The van der Waals surface area contributed by atoms with Gasteiger partial charge in [0.1, 0.15) is 17.2 Å². The molecule has 0 atom stereocenters. The van der Waals surface area contributed by atoms with Gasteiger partial charge in [-0.3, -0.25) is 0 Å². The molecule has 0 aliphatic heterocycles. The van der Waals surface area contributed by atoms with E-state index in [2.05, 4.69) is 10.6 Å². The van der Waals surface area contributed by atoms with Crippen LogP contribution in [0.2, 0.25) is 0 Å². The number of hydrogen-bond acceptors (Lipinski definition) is 5. The summed E-state index contributed by atoms with van der Waals surface area (Å²) in [5, 5.41) is 5.31. The molecule has 0 aromatic heterocycles. The third-order valence-electron chi connectivity index (χ3n) is 3.34. The fraction of sp³-hybridized carbons (Fsp3) is 0.222. The number of carbonyl (C=O) groups excluding carboxylic acids is 2. The van der Waals surface area contributed by atoms with Crippen molar-refractivity contribution >= 4 is 23.4 Å². The molecule has 0 fully saturated rings. The summed E-state index contributed by atoms with van der Waals surface area (Å²) in [4.78, 5) is 24.3. The minimum atomic E-state index is -0.542. The van der Waals surface area contributed by atoms with Gasteiger partial charge in [0.2, 0.25) is 0 Å². The monoisotopic (exact) mass is 344 g/mol. The molecule has 0 heterocycles. The molecule has 2 aromatic carbocycles. The number of ether oxygens (including phenoxy) is 3. The van der Waals surface area contributed by atoms with Crippen LogP contribution in [0.4, 0.5) is 16.2 Å². The van der Waals surface area contributed by atoms with Gasteiger partial charge in [0, 0.05) is 0 Å². The highest BCUT2D eigenvalue weighted by molar-refractivity contribution is 6.06. The minimum Gasteiger partial charge on any atom is -0.494 e. The van der Waals surface area contributed by atoms with Crippen molar-refractivity contribution in [3.8, 4) is 11.5 Å². The standard InChI is InChI=1S/C18H20N2O5/c1-4-25-17(21)12-8-5-6-9-13(12)19-18(22)20-16-14(23-2)10-7-11-15(16)24-3/h5-11H,4H2,1-3H3,(H2,19,20,22). The Morgan fingerprint density at radius 3 is 2.16 bits per heavy atom. The summed E-state index contributed by atoms with van der Waals surface area (Å²) in [6, 6.07) is 11.2. The van der Waals surface area contributed by atoms with E-state index in [9.17, 15) is 9.59 Å². The Morgan fingerprint density at radius 1 is 0.920 bits per heavy atom. The van der Waals surface area contributed by atoms with Gasteiger partial charge in [-0.2, -0.15) is 0 Å². The van der Waals surface area contributed by atoms with Crippen LogP contribution in [-0.4, -0.2) is 32.8 Å². The fourth-order valence-electron chi connectivity index (χ4n) is 2.22. The average Bonchev–Trinajstić information content (AvgIpc) is 2.62. The largest absolute Gasteiger partial charge is 0.494 e. The van der Waals surface area contributed by atoms with Crippen molar-refractivity contribution in [2.24, 2.45) is 0 Å². The summed E-state index contributed by atoms with van der Waals surface area (Å²) in [5.41, 5.74) is 0.998. The molecule has 7 nitrogen and oxygen atoms in total. The van der Waals surface area contributed by atoms with Crippen LogP contribution in [-0.2, 0) is 4.74 Å². The summed E-state index contributed by atoms with van der Waals surface area (Å²) in [7, 11) is 2.99. The molecule has 0 bridgehead atoms. The molecule has 0 saturated carbocycles. The van der Waals surface area contributed by atoms with Gasteiger partial charge in [-0.1, -0.05) is 18.2 Å². The lowest BCUT2D eigenvalue weighted by Gasteiger charge is -2.15. The van der Waals surface area contributed by atoms with Crippen molar-refractivity contribution in [2.75, 3.05) is 31.5 Å². The summed E-state index contributed by atoms with van der Waals surface area (Å²) >= 11 is 0. The molecule has 0 radical (unpaired) electrons. The quantitative estimate of drug-likeness (QED) is 0.783. The molecule has 7 heteroatoms. The average molecular weight is 344 g/mol. The number of amides is 2. The molecule has 2 rings (SSSR count). The maximum absolute atomic E-state index is 12.4. The van der Waals surface area contributed by atoms with Crippen LogP contribution in [0.3, 0.4) is 0 Å². The van der Waals surface area contributed by atoms with E-state index in [1.165, 1.54) is 14.2 Å². The summed E-state index contributed by atoms with van der Waals surface area (Å²) in [5.74, 6) is 0.398. The molecule has 0 aliphatic carbocycles. The molecule has 0 saturated heterocycles. The van der Waals surface area contributed by atoms with Gasteiger partial charge >= 0.3 is 12.0 Å². The number of hydrogen-bond donors (Lipinski definition) is 2. The Kier molecular flexibility index (Phi) is 6.22. The molecule has 25 heavy (non-hydrogen) atoms. The second kappa shape index (κ2) is 8.58. The van der Waals surface area contributed by atoms with Crippen LogP contribution >= 0.6 is 0 Å². The molecular weight excluding hydrogens is 324 g/mol. The number of methoxy groups -OCH3 is 2. The van der Waals surface area contributed by atoms with Crippen molar-refractivity contribution in [1.29, 1.82) is 0 Å². The first-order chi connectivity index (χ1) is 12.1. The normalized spacial score (nSPS) is 9.88. The smallest absolute Gasteiger partial charge is 0.340 e. The van der Waals surface area contributed by atoms with Crippen LogP contribution in [0.15, 0.2) is 42.5 Å². The number of rotatable bonds is 6. The first-order valence-corrected chi connectivity index (χ1v) is 7.65. The van der Waals surface area contributed by atoms with Gasteiger partial charge in [0.15, 0.2) is 0 Å². The predicted molar refractivity (Wildman–Crippen MR) is 94.6 cm³/mol. The predicted octanol–water partition coefficient (Wildman–Crippen LogP) is 3.52. The molecule has 0 aliphatic rings. The van der Waals surface area contributed by atoms with Crippen LogP contribution in [0.1, 0.15) is 17.3 Å². The number of benzene rings is 2. The second-order valence-electron chi connectivity index (χ2n) is 4.88. The lowest BCUT2D eigenvalue weighted by atomic mass is 10.2. The highest BCUT2D eigenvalue weighted by Gasteiger charge is 2.16. The molecule has 0 unspecified atom stereocenters. The van der Waals surface area contributed by atoms with E-state index >= 15 is 0 Å². The first kappa shape index (κ1) is 18.1. The third-order valence-corrected chi connectivity index (χ3v) is 3.34. The van der Waals surface area contributed by atoms with E-state index in [1.54, 1.807) is 49.4 Å². The zero-order valence-electron chi connectivity index (χ0n) is 14.3. The highest BCUT2D eigenvalue weighted by atomic mass is 16.5. The Labute approximate surface area is 145 Å². The van der Waals surface area contributed by atoms with Crippen molar-refractivity contribution in [2.45, 2.75) is 6.92 Å². The van der Waals surface area contributed by atoms with Gasteiger partial charge in [0.05, 0.1) is 32.1 Å². The molecule has 2 aromatic rings. The third kappa shape index (κ3) is 4.41. The van der Waals surface area contributed by atoms with Crippen LogP contribution in [0.5, 0.6) is 11.5 Å². The molecule has 0 spiro atoms. The second-order valence-corrected chi connectivity index (χ2v) is 4.88. The maximum Gasteiger partial charge on any atom is 0.340 e. The van der Waals surface area contributed by atoms with Gasteiger partial charge < -0.3 is 24.8 Å². The first-order valence-electron chi connectivity index (χ1n) is 7.65. The number of nitrogens with one attached hydrogen (secondary N) is 2. The molecule has 2 amide bonds. The van der Waals surface area contributed by atoms with Crippen LogP contribution < -0.4 is 20.1 Å². The zero-order valence-corrected chi connectivity index (χ0v) is 14.3. The number of carbonyl (C=O) groups is 2. The maximum atomic E-state index is 12.4. The van der Waals surface area contributed by atoms with Gasteiger partial charge in [-0.05, 0) is 31.2 Å². The lowest BCUT2D eigenvalue weighted by Crippen LogP contribution is -2.22. The summed E-state index contributed by atoms with van der Waals surface area (Å²) < 4.78 is 15.5. The van der Waals surface area contributed by atoms with E-state index in [-0.39, 0.29) is 12.2 Å². The Hall–Kier alpha value is -3.22. The van der Waals surface area contributed by atoms with E-state index in [4.69, 9.17) is 14.2 Å². The van der Waals surface area contributed by atoms with Crippen molar-refractivity contribution in [3.05, 3.63) is 48.0 Å². The summed E-state index contributed by atoms with van der Waals surface area (Å²) in [6.45, 7) is 1.96. The van der Waals surface area contributed by atoms with Crippen molar-refractivity contribution in [3.63, 3.8) is 0 Å². The van der Waals surface area contributed by atoms with Crippen LogP contribution in [0.25, 0.3) is 0 Å². The minimum absolute atomic E-state index is 0.248. The summed E-state index contributed by atoms with van der Waals surface area (Å²) in [6.07, 6.45) is 0. The fourth-order valence-corrected chi connectivity index (χ4v) is 2.22. The molecule has 2 N–H and O–H groups in total. The van der Waals surface area contributed by atoms with E-state index in [0.29, 0.717) is 22.9 Å². The zero-order chi connectivity index (χ0) is 18.2. The highest BCUT2D eigenvalue weighted by Crippen LogP contribution is 2.34. The SMILES string of the molecule is CCOC(=O)c1ccccc1NC(=O)Nc1c(OC)cccc1OC. The number of anilines is 2.